The van der Waals surface area contributed by atoms with Gasteiger partial charge < -0.3 is 0 Å². The van der Waals surface area contributed by atoms with Crippen LogP contribution in [0.5, 0.6) is 0 Å². The average molecular weight is 256 g/mol. The largest absolute Gasteiger partial charge is 0.248 e. The Morgan fingerprint density at radius 1 is 1.31 bits per heavy atom. The molecular formula is C11H11Cl2N3. The van der Waals surface area contributed by atoms with Crippen LogP contribution in [0.3, 0.4) is 0 Å². The third kappa shape index (κ3) is 2.97. The fourth-order valence-electron chi connectivity index (χ4n) is 1.45. The second-order valence-corrected chi connectivity index (χ2v) is 4.29. The lowest BCUT2D eigenvalue weighted by Crippen LogP contribution is -2.00. The molecule has 1 aromatic heterocycles. The van der Waals surface area contributed by atoms with Crippen LogP contribution in [0.15, 0.2) is 30.5 Å². The molecule has 0 bridgehead atoms. The Morgan fingerprint density at radius 3 is 2.94 bits per heavy atom. The lowest BCUT2D eigenvalue weighted by molar-refractivity contribution is 0.649. The molecule has 0 amide bonds. The smallest absolute Gasteiger partial charge is 0.0839 e. The number of rotatable bonds is 4. The highest BCUT2D eigenvalue weighted by Crippen LogP contribution is 2.11. The number of aromatic nitrogens is 3. The van der Waals surface area contributed by atoms with Crippen molar-refractivity contribution in [1.82, 2.24) is 15.0 Å². The maximum atomic E-state index is 5.90. The van der Waals surface area contributed by atoms with E-state index in [1.165, 1.54) is 0 Å². The van der Waals surface area contributed by atoms with Crippen LogP contribution >= 0.6 is 23.2 Å². The molecule has 1 heterocycles. The summed E-state index contributed by atoms with van der Waals surface area (Å²) in [5.41, 5.74) is 2.02. The summed E-state index contributed by atoms with van der Waals surface area (Å²) in [6.07, 6.45) is 2.65. The molecule has 84 valence electrons. The van der Waals surface area contributed by atoms with Crippen molar-refractivity contribution in [2.75, 3.05) is 5.88 Å². The van der Waals surface area contributed by atoms with Crippen LogP contribution < -0.4 is 0 Å². The van der Waals surface area contributed by atoms with E-state index < -0.39 is 0 Å². The van der Waals surface area contributed by atoms with E-state index in [4.69, 9.17) is 23.2 Å². The lowest BCUT2D eigenvalue weighted by atomic mass is 10.2. The molecule has 0 aliphatic heterocycles. The highest BCUT2D eigenvalue weighted by Gasteiger charge is 2.01. The first-order chi connectivity index (χ1) is 7.78. The molecule has 16 heavy (non-hydrogen) atoms. The van der Waals surface area contributed by atoms with E-state index in [-0.39, 0.29) is 0 Å². The fraction of sp³-hybridized carbons (Fsp3) is 0.273. The minimum atomic E-state index is 0.565. The van der Waals surface area contributed by atoms with Crippen molar-refractivity contribution in [2.24, 2.45) is 0 Å². The first-order valence-electron chi connectivity index (χ1n) is 4.97. The van der Waals surface area contributed by atoms with Gasteiger partial charge >= 0.3 is 0 Å². The van der Waals surface area contributed by atoms with E-state index in [1.807, 2.05) is 30.5 Å². The Morgan fingerprint density at radius 2 is 2.19 bits per heavy atom. The highest BCUT2D eigenvalue weighted by molar-refractivity contribution is 6.30. The van der Waals surface area contributed by atoms with Crippen LogP contribution in [-0.2, 0) is 13.0 Å². The first-order valence-corrected chi connectivity index (χ1v) is 5.88. The summed E-state index contributed by atoms with van der Waals surface area (Å²) >= 11 is 11.5. The van der Waals surface area contributed by atoms with Gasteiger partial charge in [-0.25, -0.2) is 4.68 Å². The number of halogens is 2. The molecular weight excluding hydrogens is 245 g/mol. The van der Waals surface area contributed by atoms with Crippen molar-refractivity contribution in [3.05, 3.63) is 46.7 Å². The van der Waals surface area contributed by atoms with Gasteiger partial charge in [-0.05, 0) is 17.7 Å². The van der Waals surface area contributed by atoms with E-state index >= 15 is 0 Å². The summed E-state index contributed by atoms with van der Waals surface area (Å²) in [5, 5.41) is 8.78. The number of benzene rings is 1. The normalized spacial score (nSPS) is 10.6. The summed E-state index contributed by atoms with van der Waals surface area (Å²) in [7, 11) is 0. The van der Waals surface area contributed by atoms with Gasteiger partial charge in [-0.1, -0.05) is 28.9 Å². The summed E-state index contributed by atoms with van der Waals surface area (Å²) in [6, 6.07) is 7.71. The Labute approximate surface area is 104 Å². The Balaban J connectivity index is 2.08. The predicted octanol–water partition coefficient (Wildman–Crippen LogP) is 2.76. The van der Waals surface area contributed by atoms with E-state index in [0.717, 1.165) is 22.7 Å². The van der Waals surface area contributed by atoms with Crippen molar-refractivity contribution in [1.29, 1.82) is 0 Å². The third-order valence-electron chi connectivity index (χ3n) is 2.17. The SMILES string of the molecule is ClCCc1cn(Cc2cccc(Cl)c2)nn1. The molecule has 3 nitrogen and oxygen atoms in total. The van der Waals surface area contributed by atoms with Gasteiger partial charge in [0.15, 0.2) is 0 Å². The monoisotopic (exact) mass is 255 g/mol. The zero-order valence-electron chi connectivity index (χ0n) is 8.61. The fourth-order valence-corrected chi connectivity index (χ4v) is 1.86. The van der Waals surface area contributed by atoms with Gasteiger partial charge in [0.05, 0.1) is 12.2 Å². The number of hydrogen-bond donors (Lipinski definition) is 0. The van der Waals surface area contributed by atoms with E-state index in [0.29, 0.717) is 12.4 Å². The molecule has 0 atom stereocenters. The second kappa shape index (κ2) is 5.32. The minimum Gasteiger partial charge on any atom is -0.248 e. The van der Waals surface area contributed by atoms with Crippen LogP contribution in [0.1, 0.15) is 11.3 Å². The highest BCUT2D eigenvalue weighted by atomic mass is 35.5. The maximum absolute atomic E-state index is 5.90. The van der Waals surface area contributed by atoms with Crippen molar-refractivity contribution >= 4 is 23.2 Å². The molecule has 0 aliphatic carbocycles. The standard InChI is InChI=1S/C11H11Cl2N3/c12-5-4-11-8-16(15-14-11)7-9-2-1-3-10(13)6-9/h1-3,6,8H,4-5,7H2. The van der Waals surface area contributed by atoms with Gasteiger partial charge in [-0.15, -0.1) is 16.7 Å². The van der Waals surface area contributed by atoms with Gasteiger partial charge in [0.1, 0.15) is 0 Å². The van der Waals surface area contributed by atoms with Crippen molar-refractivity contribution < 1.29 is 0 Å². The molecule has 0 saturated heterocycles. The number of alkyl halides is 1. The molecule has 0 aliphatic rings. The van der Waals surface area contributed by atoms with Crippen molar-refractivity contribution in [3.8, 4) is 0 Å². The summed E-state index contributed by atoms with van der Waals surface area (Å²) in [4.78, 5) is 0. The molecule has 1 aromatic carbocycles. The quantitative estimate of drug-likeness (QED) is 0.787. The first kappa shape index (κ1) is 11.4. The van der Waals surface area contributed by atoms with E-state index in [2.05, 4.69) is 10.3 Å². The minimum absolute atomic E-state index is 0.565. The molecule has 5 heteroatoms. The molecule has 2 aromatic rings. The van der Waals surface area contributed by atoms with Crippen molar-refractivity contribution in [3.63, 3.8) is 0 Å². The summed E-state index contributed by atoms with van der Waals surface area (Å²) in [5.74, 6) is 0.565. The van der Waals surface area contributed by atoms with E-state index in [9.17, 15) is 0 Å². The molecule has 0 fully saturated rings. The van der Waals surface area contributed by atoms with Gasteiger partial charge in [-0.2, -0.15) is 0 Å². The molecule has 0 N–H and O–H groups in total. The van der Waals surface area contributed by atoms with Gasteiger partial charge in [-0.3, -0.25) is 0 Å². The molecule has 0 unspecified atom stereocenters. The third-order valence-corrected chi connectivity index (χ3v) is 2.59. The van der Waals surface area contributed by atoms with E-state index in [1.54, 1.807) is 4.68 Å². The van der Waals surface area contributed by atoms with Crippen LogP contribution in [-0.4, -0.2) is 20.9 Å². The zero-order chi connectivity index (χ0) is 11.4. The molecule has 0 spiro atoms. The van der Waals surface area contributed by atoms with Crippen LogP contribution in [0, 0.1) is 0 Å². The second-order valence-electron chi connectivity index (χ2n) is 3.48. The number of aryl methyl sites for hydroxylation is 1. The van der Waals surface area contributed by atoms with Gasteiger partial charge in [0.25, 0.3) is 0 Å². The number of nitrogens with zero attached hydrogens (tertiary/aromatic N) is 3. The molecule has 2 rings (SSSR count). The topological polar surface area (TPSA) is 30.7 Å². The Kier molecular flexibility index (Phi) is 3.80. The van der Waals surface area contributed by atoms with Crippen LogP contribution in [0.25, 0.3) is 0 Å². The van der Waals surface area contributed by atoms with Crippen LogP contribution in [0.4, 0.5) is 0 Å². The Bertz CT molecular complexity index is 468. The maximum Gasteiger partial charge on any atom is 0.0839 e. The molecule has 0 radical (unpaired) electrons. The van der Waals surface area contributed by atoms with Gasteiger partial charge in [0, 0.05) is 23.5 Å². The lowest BCUT2D eigenvalue weighted by Gasteiger charge is -2.00. The van der Waals surface area contributed by atoms with Crippen molar-refractivity contribution in [2.45, 2.75) is 13.0 Å². The Hall–Kier alpha value is -1.06. The summed E-state index contributed by atoms with van der Waals surface area (Å²) < 4.78 is 1.79. The van der Waals surface area contributed by atoms with Crippen LogP contribution in [0.2, 0.25) is 5.02 Å². The number of hydrogen-bond acceptors (Lipinski definition) is 2. The average Bonchev–Trinajstić information content (AvgIpc) is 2.66. The summed E-state index contributed by atoms with van der Waals surface area (Å²) in [6.45, 7) is 0.676. The van der Waals surface area contributed by atoms with Gasteiger partial charge in [0.2, 0.25) is 0 Å². The predicted molar refractivity (Wildman–Crippen MR) is 65.0 cm³/mol. The molecule has 0 saturated carbocycles. The zero-order valence-corrected chi connectivity index (χ0v) is 10.1.